The summed E-state index contributed by atoms with van der Waals surface area (Å²) in [6.45, 7) is 12.1. The number of hydrogen-bond donors (Lipinski definition) is 0. The van der Waals surface area contributed by atoms with Gasteiger partial charge in [0.25, 0.3) is 0 Å². The molecule has 0 aromatic rings. The van der Waals surface area contributed by atoms with Crippen LogP contribution in [0.2, 0.25) is 0 Å². The van der Waals surface area contributed by atoms with Crippen LogP contribution in [0.4, 0.5) is 0 Å². The molecule has 0 fully saturated rings. The van der Waals surface area contributed by atoms with Gasteiger partial charge in [-0.1, -0.05) is 13.2 Å². The molecule has 0 aromatic heterocycles. The Kier molecular flexibility index (Phi) is 3.07. The van der Waals surface area contributed by atoms with Gasteiger partial charge in [0.1, 0.15) is 5.76 Å². The molecule has 0 aromatic carbocycles. The molecule has 0 radical (unpaired) electrons. The van der Waals surface area contributed by atoms with Crippen molar-refractivity contribution in [2.45, 2.75) is 20.3 Å². The number of rotatable bonds is 3. The number of allylic oxidation sites excluding steroid dienone is 3. The first-order valence-corrected chi connectivity index (χ1v) is 4.34. The van der Waals surface area contributed by atoms with Crippen molar-refractivity contribution < 1.29 is 4.74 Å². The van der Waals surface area contributed by atoms with Crippen LogP contribution in [0.1, 0.15) is 20.3 Å². The van der Waals surface area contributed by atoms with Crippen molar-refractivity contribution in [1.82, 2.24) is 0 Å². The van der Waals surface area contributed by atoms with Crippen LogP contribution < -0.4 is 0 Å². The van der Waals surface area contributed by atoms with Gasteiger partial charge in [0.15, 0.2) is 0 Å². The fourth-order valence-electron chi connectivity index (χ4n) is 1.22. The van der Waals surface area contributed by atoms with Crippen molar-refractivity contribution in [3.05, 3.63) is 36.3 Å². The third-order valence-electron chi connectivity index (χ3n) is 1.78. The first-order chi connectivity index (χ1) is 6.09. The topological polar surface area (TPSA) is 21.6 Å². The van der Waals surface area contributed by atoms with Crippen LogP contribution >= 0.6 is 0 Å². The van der Waals surface area contributed by atoms with Gasteiger partial charge in [-0.15, -0.1) is 0 Å². The molecule has 1 rings (SSSR count). The van der Waals surface area contributed by atoms with Crippen molar-refractivity contribution >= 4 is 5.71 Å². The van der Waals surface area contributed by atoms with Crippen molar-refractivity contribution in [3.8, 4) is 0 Å². The lowest BCUT2D eigenvalue weighted by Crippen LogP contribution is -2.04. The van der Waals surface area contributed by atoms with Gasteiger partial charge in [-0.25, -0.2) is 0 Å². The molecule has 1 aliphatic rings. The van der Waals surface area contributed by atoms with Gasteiger partial charge in [-0.2, -0.15) is 0 Å². The molecule has 0 saturated heterocycles. The smallest absolute Gasteiger partial charge is 0.123 e. The highest BCUT2D eigenvalue weighted by atomic mass is 16.5. The second kappa shape index (κ2) is 4.08. The number of nitrogens with zero attached hydrogens (tertiary/aromatic N) is 1. The fourth-order valence-corrected chi connectivity index (χ4v) is 1.22. The van der Waals surface area contributed by atoms with Crippen molar-refractivity contribution in [2.24, 2.45) is 4.99 Å². The maximum absolute atomic E-state index is 5.33. The first-order valence-electron chi connectivity index (χ1n) is 4.34. The minimum absolute atomic E-state index is 0.672. The summed E-state index contributed by atoms with van der Waals surface area (Å²) in [7, 11) is 0. The molecule has 0 amide bonds. The lowest BCUT2D eigenvalue weighted by molar-refractivity contribution is 0.318. The molecule has 1 aliphatic heterocycles. The average molecular weight is 177 g/mol. The standard InChI is InChI=1S/C11H15NO/c1-8(2)13-10(4)11-5-6-12-9(3)7-11/h7H,1,4-6H2,2-3H3. The summed E-state index contributed by atoms with van der Waals surface area (Å²) in [5, 5.41) is 0. The van der Waals surface area contributed by atoms with E-state index in [1.54, 1.807) is 0 Å². The minimum atomic E-state index is 0.672. The van der Waals surface area contributed by atoms with E-state index in [4.69, 9.17) is 4.74 Å². The summed E-state index contributed by atoms with van der Waals surface area (Å²) in [4.78, 5) is 4.26. The predicted octanol–water partition coefficient (Wildman–Crippen LogP) is 2.84. The molecule has 0 saturated carbocycles. The Morgan fingerprint density at radius 1 is 1.54 bits per heavy atom. The van der Waals surface area contributed by atoms with Crippen molar-refractivity contribution in [3.63, 3.8) is 0 Å². The molecule has 0 N–H and O–H groups in total. The van der Waals surface area contributed by atoms with E-state index in [9.17, 15) is 0 Å². The van der Waals surface area contributed by atoms with Gasteiger partial charge in [0, 0.05) is 12.3 Å². The maximum atomic E-state index is 5.33. The Labute approximate surface area is 79.3 Å². The van der Waals surface area contributed by atoms with Crippen molar-refractivity contribution in [2.75, 3.05) is 6.54 Å². The molecule has 0 atom stereocenters. The van der Waals surface area contributed by atoms with Crippen molar-refractivity contribution in [1.29, 1.82) is 0 Å². The number of dihydropyridines is 1. The quantitative estimate of drug-likeness (QED) is 0.607. The van der Waals surface area contributed by atoms with E-state index in [1.807, 2.05) is 19.9 Å². The summed E-state index contributed by atoms with van der Waals surface area (Å²) in [6, 6.07) is 0. The van der Waals surface area contributed by atoms with Gasteiger partial charge >= 0.3 is 0 Å². The van der Waals surface area contributed by atoms with Crippen LogP contribution in [-0.2, 0) is 4.74 Å². The van der Waals surface area contributed by atoms with Crippen LogP contribution in [0.3, 0.4) is 0 Å². The molecule has 2 heteroatoms. The van der Waals surface area contributed by atoms with Crippen LogP contribution in [0.25, 0.3) is 0 Å². The molecule has 70 valence electrons. The van der Waals surface area contributed by atoms with Gasteiger partial charge in [-0.3, -0.25) is 4.99 Å². The lowest BCUT2D eigenvalue weighted by Gasteiger charge is -2.14. The normalized spacial score (nSPS) is 15.8. The van der Waals surface area contributed by atoms with E-state index >= 15 is 0 Å². The maximum Gasteiger partial charge on any atom is 0.123 e. The predicted molar refractivity (Wildman–Crippen MR) is 55.7 cm³/mol. The highest BCUT2D eigenvalue weighted by molar-refractivity contribution is 5.94. The number of ether oxygens (including phenoxy) is 1. The van der Waals surface area contributed by atoms with Gasteiger partial charge < -0.3 is 4.74 Å². The Hall–Kier alpha value is -1.31. The molecular weight excluding hydrogens is 162 g/mol. The van der Waals surface area contributed by atoms with E-state index < -0.39 is 0 Å². The molecule has 0 spiro atoms. The zero-order valence-electron chi connectivity index (χ0n) is 8.26. The van der Waals surface area contributed by atoms with Crippen LogP contribution in [0.15, 0.2) is 41.3 Å². The van der Waals surface area contributed by atoms with E-state index in [0.29, 0.717) is 11.5 Å². The van der Waals surface area contributed by atoms with E-state index in [2.05, 4.69) is 18.2 Å². The van der Waals surface area contributed by atoms with Crippen LogP contribution in [-0.4, -0.2) is 12.3 Å². The third-order valence-corrected chi connectivity index (χ3v) is 1.78. The highest BCUT2D eigenvalue weighted by Gasteiger charge is 2.08. The lowest BCUT2D eigenvalue weighted by atomic mass is 10.1. The van der Waals surface area contributed by atoms with E-state index in [-0.39, 0.29) is 0 Å². The Morgan fingerprint density at radius 2 is 2.23 bits per heavy atom. The third kappa shape index (κ3) is 2.90. The Bertz CT molecular complexity index is 297. The zero-order chi connectivity index (χ0) is 9.84. The summed E-state index contributed by atoms with van der Waals surface area (Å²) in [6.07, 6.45) is 2.91. The van der Waals surface area contributed by atoms with Crippen LogP contribution in [0, 0.1) is 0 Å². The number of hydrogen-bond acceptors (Lipinski definition) is 2. The summed E-state index contributed by atoms with van der Waals surface area (Å²) in [5.41, 5.74) is 2.16. The van der Waals surface area contributed by atoms with Gasteiger partial charge in [-0.05, 0) is 31.9 Å². The summed E-state index contributed by atoms with van der Waals surface area (Å²) >= 11 is 0. The molecular formula is C11H15NO. The SMILES string of the molecule is C=C(C)OC(=C)C1=CC(C)=NCC1. The fraction of sp³-hybridized carbons (Fsp3) is 0.364. The molecule has 13 heavy (non-hydrogen) atoms. The molecule has 2 nitrogen and oxygen atoms in total. The summed E-state index contributed by atoms with van der Waals surface area (Å²) < 4.78 is 5.33. The van der Waals surface area contributed by atoms with Gasteiger partial charge in [0.2, 0.25) is 0 Å². The highest BCUT2D eigenvalue weighted by Crippen LogP contribution is 2.19. The first kappa shape index (κ1) is 9.78. The van der Waals surface area contributed by atoms with E-state index in [1.165, 1.54) is 0 Å². The molecule has 0 unspecified atom stereocenters. The monoisotopic (exact) mass is 177 g/mol. The Morgan fingerprint density at radius 3 is 2.77 bits per heavy atom. The molecule has 1 heterocycles. The molecule has 0 aliphatic carbocycles. The molecule has 0 bridgehead atoms. The number of aliphatic imine (C=N–C) groups is 1. The largest absolute Gasteiger partial charge is 0.463 e. The zero-order valence-corrected chi connectivity index (χ0v) is 8.26. The average Bonchev–Trinajstić information content (AvgIpc) is 2.03. The second-order valence-electron chi connectivity index (χ2n) is 3.17. The van der Waals surface area contributed by atoms with Gasteiger partial charge in [0.05, 0.1) is 5.76 Å². The minimum Gasteiger partial charge on any atom is -0.463 e. The second-order valence-corrected chi connectivity index (χ2v) is 3.17. The summed E-state index contributed by atoms with van der Waals surface area (Å²) in [5.74, 6) is 1.37. The Balaban J connectivity index is 2.67. The van der Waals surface area contributed by atoms with E-state index in [0.717, 1.165) is 24.3 Å². The van der Waals surface area contributed by atoms with Crippen LogP contribution in [0.5, 0.6) is 0 Å².